The van der Waals surface area contributed by atoms with Crippen molar-refractivity contribution in [1.82, 2.24) is 9.21 Å². The van der Waals surface area contributed by atoms with Gasteiger partial charge in [-0.15, -0.1) is 0 Å². The Kier molecular flexibility index (Phi) is 8.02. The maximum Gasteiger partial charge on any atom is 0.255 e. The van der Waals surface area contributed by atoms with E-state index in [0.717, 1.165) is 48.5 Å². The third-order valence-corrected chi connectivity index (χ3v) is 7.72. The molecule has 1 amide bonds. The molecule has 1 heterocycles. The first-order valence-corrected chi connectivity index (χ1v) is 12.8. The first-order valence-electron chi connectivity index (χ1n) is 11.4. The number of carbonyl (C=O) groups is 1. The molecule has 1 aliphatic rings. The number of ether oxygens (including phenoxy) is 1. The van der Waals surface area contributed by atoms with Gasteiger partial charge in [0.05, 0.1) is 17.0 Å². The standard InChI is InChI=1S/C25H35N3O4S/c1-19-15-20(2)17-21(16-19)32-14-13-27(5)25(29)23-18-22(33(30,31)26(3)4)9-10-24(23)28-11-7-6-8-12-28/h9-10,15-18H,6-8,11-14H2,1-5H3. The summed E-state index contributed by atoms with van der Waals surface area (Å²) in [6, 6.07) is 10.9. The normalized spacial score (nSPS) is 14.4. The number of sulfonamides is 1. The van der Waals surface area contributed by atoms with E-state index in [4.69, 9.17) is 4.74 Å². The number of aryl methyl sites for hydroxylation is 2. The van der Waals surface area contributed by atoms with Gasteiger partial charge in [-0.1, -0.05) is 6.07 Å². The molecule has 0 atom stereocenters. The van der Waals surface area contributed by atoms with Crippen LogP contribution in [-0.4, -0.2) is 70.9 Å². The zero-order valence-corrected chi connectivity index (χ0v) is 21.1. The number of likely N-dealkylation sites (N-methyl/N-ethyl adjacent to an activating group) is 1. The number of amides is 1. The molecular weight excluding hydrogens is 438 g/mol. The lowest BCUT2D eigenvalue weighted by molar-refractivity contribution is 0.0774. The van der Waals surface area contributed by atoms with Crippen molar-refractivity contribution in [2.45, 2.75) is 38.0 Å². The van der Waals surface area contributed by atoms with Gasteiger partial charge in [-0.25, -0.2) is 12.7 Å². The first kappa shape index (κ1) is 25.1. The second kappa shape index (κ2) is 10.6. The van der Waals surface area contributed by atoms with Crippen LogP contribution in [0.1, 0.15) is 40.7 Å². The number of anilines is 1. The number of carbonyl (C=O) groups excluding carboxylic acids is 1. The average Bonchev–Trinajstić information content (AvgIpc) is 2.78. The highest BCUT2D eigenvalue weighted by molar-refractivity contribution is 7.89. The molecule has 1 fully saturated rings. The van der Waals surface area contributed by atoms with Crippen LogP contribution in [0.2, 0.25) is 0 Å². The number of rotatable bonds is 8. The predicted octanol–water partition coefficient (Wildman–Crippen LogP) is 3.70. The summed E-state index contributed by atoms with van der Waals surface area (Å²) in [7, 11) is 1.06. The van der Waals surface area contributed by atoms with E-state index < -0.39 is 10.0 Å². The van der Waals surface area contributed by atoms with Gasteiger partial charge in [-0.3, -0.25) is 4.79 Å². The quantitative estimate of drug-likeness (QED) is 0.585. The van der Waals surface area contributed by atoms with Crippen molar-refractivity contribution < 1.29 is 17.9 Å². The summed E-state index contributed by atoms with van der Waals surface area (Å²) >= 11 is 0. The Hall–Kier alpha value is -2.58. The van der Waals surface area contributed by atoms with Gasteiger partial charge in [-0.05, 0) is 74.6 Å². The molecule has 2 aromatic rings. The molecule has 7 nitrogen and oxygen atoms in total. The summed E-state index contributed by atoms with van der Waals surface area (Å²) in [5.74, 6) is 0.567. The molecule has 0 unspecified atom stereocenters. The smallest absolute Gasteiger partial charge is 0.255 e. The van der Waals surface area contributed by atoms with Crippen LogP contribution in [0.15, 0.2) is 41.3 Å². The lowest BCUT2D eigenvalue weighted by Crippen LogP contribution is -2.35. The number of hydrogen-bond donors (Lipinski definition) is 0. The van der Waals surface area contributed by atoms with E-state index in [1.165, 1.54) is 30.9 Å². The SMILES string of the molecule is Cc1cc(C)cc(OCCN(C)C(=O)c2cc(S(=O)(=O)N(C)C)ccc2N2CCCCC2)c1. The molecule has 0 aromatic heterocycles. The Morgan fingerprint density at radius 1 is 0.970 bits per heavy atom. The van der Waals surface area contributed by atoms with E-state index in [2.05, 4.69) is 11.0 Å². The third kappa shape index (κ3) is 6.06. The highest BCUT2D eigenvalue weighted by Gasteiger charge is 2.25. The Bertz CT molecular complexity index is 1070. The minimum atomic E-state index is -3.65. The van der Waals surface area contributed by atoms with Crippen LogP contribution in [0.25, 0.3) is 0 Å². The van der Waals surface area contributed by atoms with E-state index in [1.807, 2.05) is 26.0 Å². The van der Waals surface area contributed by atoms with Gasteiger partial charge in [-0.2, -0.15) is 0 Å². The average molecular weight is 474 g/mol. The minimum Gasteiger partial charge on any atom is -0.492 e. The van der Waals surface area contributed by atoms with Crippen LogP contribution in [-0.2, 0) is 10.0 Å². The summed E-state index contributed by atoms with van der Waals surface area (Å²) in [5.41, 5.74) is 3.45. The van der Waals surface area contributed by atoms with Gasteiger partial charge in [0, 0.05) is 39.9 Å². The molecule has 3 rings (SSSR count). The molecule has 33 heavy (non-hydrogen) atoms. The Morgan fingerprint density at radius 3 is 2.21 bits per heavy atom. The third-order valence-electron chi connectivity index (χ3n) is 5.91. The highest BCUT2D eigenvalue weighted by Crippen LogP contribution is 2.29. The maximum atomic E-state index is 13.4. The molecule has 2 aromatic carbocycles. The molecule has 0 spiro atoms. The van der Waals surface area contributed by atoms with Crippen molar-refractivity contribution in [3.63, 3.8) is 0 Å². The van der Waals surface area contributed by atoms with Gasteiger partial charge in [0.2, 0.25) is 10.0 Å². The highest BCUT2D eigenvalue weighted by atomic mass is 32.2. The molecular formula is C25H35N3O4S. The molecule has 1 aliphatic heterocycles. The molecule has 0 saturated carbocycles. The lowest BCUT2D eigenvalue weighted by Gasteiger charge is -2.31. The van der Waals surface area contributed by atoms with Gasteiger partial charge >= 0.3 is 0 Å². The summed E-state index contributed by atoms with van der Waals surface area (Å²) in [6.07, 6.45) is 3.29. The largest absolute Gasteiger partial charge is 0.492 e. The topological polar surface area (TPSA) is 70.2 Å². The zero-order valence-electron chi connectivity index (χ0n) is 20.3. The fourth-order valence-electron chi connectivity index (χ4n) is 4.09. The number of benzene rings is 2. The molecule has 180 valence electrons. The minimum absolute atomic E-state index is 0.122. The first-order chi connectivity index (χ1) is 15.6. The Labute approximate surface area is 198 Å². The van der Waals surface area contributed by atoms with Crippen molar-refractivity contribution in [1.29, 1.82) is 0 Å². The van der Waals surface area contributed by atoms with E-state index in [0.29, 0.717) is 18.7 Å². The van der Waals surface area contributed by atoms with Crippen molar-refractivity contribution in [3.8, 4) is 5.75 Å². The van der Waals surface area contributed by atoms with Gasteiger partial charge in [0.1, 0.15) is 12.4 Å². The Morgan fingerprint density at radius 2 is 1.61 bits per heavy atom. The number of nitrogens with zero attached hydrogens (tertiary/aromatic N) is 3. The van der Waals surface area contributed by atoms with E-state index in [-0.39, 0.29) is 10.8 Å². The number of piperidine rings is 1. The van der Waals surface area contributed by atoms with Crippen molar-refractivity contribution in [2.75, 3.05) is 52.3 Å². The molecule has 8 heteroatoms. The van der Waals surface area contributed by atoms with Crippen LogP contribution in [0.5, 0.6) is 5.75 Å². The predicted molar refractivity (Wildman–Crippen MR) is 132 cm³/mol. The molecule has 1 saturated heterocycles. The fraction of sp³-hybridized carbons (Fsp3) is 0.480. The van der Waals surface area contributed by atoms with E-state index in [1.54, 1.807) is 24.1 Å². The molecule has 0 bridgehead atoms. The lowest BCUT2D eigenvalue weighted by atomic mass is 10.1. The molecule has 0 N–H and O–H groups in total. The summed E-state index contributed by atoms with van der Waals surface area (Å²) in [4.78, 5) is 17.3. The van der Waals surface area contributed by atoms with Crippen molar-refractivity contribution in [3.05, 3.63) is 53.1 Å². The van der Waals surface area contributed by atoms with Gasteiger partial charge < -0.3 is 14.5 Å². The van der Waals surface area contributed by atoms with Crippen LogP contribution in [0, 0.1) is 13.8 Å². The van der Waals surface area contributed by atoms with Crippen molar-refractivity contribution in [2.24, 2.45) is 0 Å². The monoisotopic (exact) mass is 473 g/mol. The van der Waals surface area contributed by atoms with Gasteiger partial charge in [0.15, 0.2) is 0 Å². The number of hydrogen-bond acceptors (Lipinski definition) is 5. The van der Waals surface area contributed by atoms with Crippen LogP contribution < -0.4 is 9.64 Å². The van der Waals surface area contributed by atoms with Gasteiger partial charge in [0.25, 0.3) is 5.91 Å². The second-order valence-electron chi connectivity index (χ2n) is 8.91. The summed E-state index contributed by atoms with van der Waals surface area (Å²) in [5, 5.41) is 0. The Balaban J connectivity index is 1.82. The van der Waals surface area contributed by atoms with E-state index >= 15 is 0 Å². The molecule has 0 radical (unpaired) electrons. The van der Waals surface area contributed by atoms with Crippen molar-refractivity contribution >= 4 is 21.6 Å². The zero-order chi connectivity index (χ0) is 24.2. The second-order valence-corrected chi connectivity index (χ2v) is 11.1. The van der Waals surface area contributed by atoms with Crippen LogP contribution >= 0.6 is 0 Å². The maximum absolute atomic E-state index is 13.4. The van der Waals surface area contributed by atoms with Crippen LogP contribution in [0.3, 0.4) is 0 Å². The summed E-state index contributed by atoms with van der Waals surface area (Å²) in [6.45, 7) is 6.49. The van der Waals surface area contributed by atoms with Crippen LogP contribution in [0.4, 0.5) is 5.69 Å². The molecule has 0 aliphatic carbocycles. The fourth-order valence-corrected chi connectivity index (χ4v) is 5.02. The van der Waals surface area contributed by atoms with E-state index in [9.17, 15) is 13.2 Å². The summed E-state index contributed by atoms with van der Waals surface area (Å²) < 4.78 is 32.5.